The van der Waals surface area contributed by atoms with Gasteiger partial charge in [-0.3, -0.25) is 0 Å². The summed E-state index contributed by atoms with van der Waals surface area (Å²) >= 11 is 1.92. The number of allylic oxidation sites excluding steroid dienone is 1. The fourth-order valence-corrected chi connectivity index (χ4v) is 1.50. The third-order valence-electron chi connectivity index (χ3n) is 1.42. The zero-order chi connectivity index (χ0) is 7.28. The highest BCUT2D eigenvalue weighted by molar-refractivity contribution is 8.02. The van der Waals surface area contributed by atoms with Crippen LogP contribution in [0.5, 0.6) is 0 Å². The summed E-state index contributed by atoms with van der Waals surface area (Å²) in [5.74, 6) is 0.796. The van der Waals surface area contributed by atoms with Gasteiger partial charge in [-0.05, 0) is 11.3 Å². The first-order valence-corrected chi connectivity index (χ1v) is 4.57. The smallest absolute Gasteiger partial charge is 0.0120 e. The van der Waals surface area contributed by atoms with E-state index < -0.39 is 0 Å². The molecular weight excluding hydrogens is 128 g/mol. The molecule has 1 heterocycles. The van der Waals surface area contributed by atoms with Crippen LogP contribution in [0.3, 0.4) is 0 Å². The van der Waals surface area contributed by atoms with E-state index in [4.69, 9.17) is 0 Å². The van der Waals surface area contributed by atoms with Crippen molar-refractivity contribution in [3.63, 3.8) is 0 Å². The zero-order valence-corrected chi connectivity index (χ0v) is 7.53. The molecule has 1 aliphatic heterocycles. The molecule has 0 saturated heterocycles. The van der Waals surface area contributed by atoms with Gasteiger partial charge in [0.1, 0.15) is 0 Å². The van der Waals surface area contributed by atoms with E-state index in [2.05, 4.69) is 25.3 Å². The van der Waals surface area contributed by atoms with Crippen LogP contribution in [0, 0.1) is 5.92 Å². The summed E-state index contributed by atoms with van der Waals surface area (Å²) in [5, 5.41) is 3.01. The molecule has 0 aliphatic carbocycles. The Morgan fingerprint density at radius 1 is 1.22 bits per heavy atom. The van der Waals surface area contributed by atoms with E-state index in [-0.39, 0.29) is 0 Å². The first-order valence-electron chi connectivity index (χ1n) is 3.63. The van der Waals surface area contributed by atoms with Crippen molar-refractivity contribution < 1.29 is 0 Å². The topological polar surface area (TPSA) is 0 Å². The Hall–Kier alpha value is 0.0900. The van der Waals surface area contributed by atoms with E-state index in [1.54, 1.807) is 0 Å². The van der Waals surface area contributed by atoms with Crippen LogP contribution in [0.2, 0.25) is 0 Å². The zero-order valence-electron chi connectivity index (χ0n) is 6.72. The lowest BCUT2D eigenvalue weighted by molar-refractivity contribution is 0.730. The van der Waals surface area contributed by atoms with Crippen LogP contribution < -0.4 is 0 Å². The van der Waals surface area contributed by atoms with Crippen LogP contribution in [0.1, 0.15) is 27.7 Å². The van der Waals surface area contributed by atoms with Gasteiger partial charge in [0.05, 0.1) is 0 Å². The first kappa shape index (κ1) is 9.09. The molecule has 0 bridgehead atoms. The van der Waals surface area contributed by atoms with Crippen molar-refractivity contribution in [2.75, 3.05) is 0 Å². The highest BCUT2D eigenvalue weighted by Crippen LogP contribution is 2.27. The minimum atomic E-state index is 0.796. The van der Waals surface area contributed by atoms with Crippen molar-refractivity contribution in [1.29, 1.82) is 0 Å². The molecule has 0 N–H and O–H groups in total. The second kappa shape index (κ2) is 4.92. The SMILES string of the molecule is CC.CC1C=CSC1C. The summed E-state index contributed by atoms with van der Waals surface area (Å²) in [5.41, 5.74) is 0. The predicted molar refractivity (Wildman–Crippen MR) is 46.7 cm³/mol. The average Bonchev–Trinajstić information content (AvgIpc) is 2.23. The van der Waals surface area contributed by atoms with Gasteiger partial charge in [0.2, 0.25) is 0 Å². The Morgan fingerprint density at radius 2 is 1.78 bits per heavy atom. The Labute approximate surface area is 62.7 Å². The van der Waals surface area contributed by atoms with Gasteiger partial charge in [-0.1, -0.05) is 33.8 Å². The van der Waals surface area contributed by atoms with E-state index >= 15 is 0 Å². The molecule has 0 aromatic carbocycles. The molecule has 0 amide bonds. The van der Waals surface area contributed by atoms with Gasteiger partial charge in [0, 0.05) is 5.25 Å². The molecule has 2 unspecified atom stereocenters. The predicted octanol–water partition coefficient (Wildman–Crippen LogP) is 3.30. The molecule has 0 aromatic heterocycles. The highest BCUT2D eigenvalue weighted by atomic mass is 32.2. The second-order valence-corrected chi connectivity index (χ2v) is 3.32. The Morgan fingerprint density at radius 3 is 1.89 bits per heavy atom. The fourth-order valence-electron chi connectivity index (χ4n) is 0.574. The molecule has 0 nitrogen and oxygen atoms in total. The van der Waals surface area contributed by atoms with Crippen LogP contribution in [-0.2, 0) is 0 Å². The quantitative estimate of drug-likeness (QED) is 0.502. The standard InChI is InChI=1S/C6H10S.C2H6/c1-5-3-4-7-6(5)2;1-2/h3-6H,1-2H3;1-2H3. The summed E-state index contributed by atoms with van der Waals surface area (Å²) in [7, 11) is 0. The molecule has 2 atom stereocenters. The third kappa shape index (κ3) is 2.95. The maximum Gasteiger partial charge on any atom is 0.0120 e. The van der Waals surface area contributed by atoms with Gasteiger partial charge in [-0.2, -0.15) is 0 Å². The summed E-state index contributed by atoms with van der Waals surface area (Å²) in [4.78, 5) is 0. The Bertz CT molecular complexity index is 86.6. The average molecular weight is 144 g/mol. The van der Waals surface area contributed by atoms with Gasteiger partial charge in [0.25, 0.3) is 0 Å². The molecule has 0 spiro atoms. The lowest BCUT2D eigenvalue weighted by Crippen LogP contribution is -1.99. The van der Waals surface area contributed by atoms with E-state index in [9.17, 15) is 0 Å². The molecule has 1 rings (SSSR count). The summed E-state index contributed by atoms with van der Waals surface area (Å²) in [6, 6.07) is 0. The molecular formula is C8H16S. The van der Waals surface area contributed by atoms with E-state index in [0.717, 1.165) is 11.2 Å². The van der Waals surface area contributed by atoms with Gasteiger partial charge < -0.3 is 0 Å². The van der Waals surface area contributed by atoms with E-state index in [1.165, 1.54) is 0 Å². The lowest BCUT2D eigenvalue weighted by atomic mass is 10.1. The summed E-state index contributed by atoms with van der Waals surface area (Å²) < 4.78 is 0. The van der Waals surface area contributed by atoms with Crippen LogP contribution >= 0.6 is 11.8 Å². The minimum Gasteiger partial charge on any atom is -0.131 e. The van der Waals surface area contributed by atoms with Crippen LogP contribution in [0.15, 0.2) is 11.5 Å². The lowest BCUT2D eigenvalue weighted by Gasteiger charge is -2.03. The normalized spacial score (nSPS) is 31.6. The molecule has 1 aliphatic rings. The minimum absolute atomic E-state index is 0.796. The molecule has 0 fully saturated rings. The molecule has 1 heteroatoms. The number of rotatable bonds is 0. The summed E-state index contributed by atoms with van der Waals surface area (Å²) in [6.45, 7) is 8.51. The molecule has 0 radical (unpaired) electrons. The van der Waals surface area contributed by atoms with Crippen molar-refractivity contribution in [1.82, 2.24) is 0 Å². The van der Waals surface area contributed by atoms with Gasteiger partial charge in [-0.25, -0.2) is 0 Å². The number of hydrogen-bond acceptors (Lipinski definition) is 1. The van der Waals surface area contributed by atoms with Crippen LogP contribution in [0.4, 0.5) is 0 Å². The molecule has 9 heavy (non-hydrogen) atoms. The van der Waals surface area contributed by atoms with Crippen molar-refractivity contribution >= 4 is 11.8 Å². The molecule has 54 valence electrons. The van der Waals surface area contributed by atoms with Crippen molar-refractivity contribution in [2.24, 2.45) is 5.92 Å². The van der Waals surface area contributed by atoms with E-state index in [0.29, 0.717) is 0 Å². The maximum atomic E-state index is 2.26. The molecule has 0 saturated carbocycles. The fraction of sp³-hybridized carbons (Fsp3) is 0.750. The van der Waals surface area contributed by atoms with Crippen molar-refractivity contribution in [3.8, 4) is 0 Å². The van der Waals surface area contributed by atoms with Gasteiger partial charge in [0.15, 0.2) is 0 Å². The van der Waals surface area contributed by atoms with Gasteiger partial charge >= 0.3 is 0 Å². The Kier molecular flexibility index (Phi) is 4.97. The van der Waals surface area contributed by atoms with Crippen molar-refractivity contribution in [2.45, 2.75) is 32.9 Å². The highest BCUT2D eigenvalue weighted by Gasteiger charge is 2.12. The van der Waals surface area contributed by atoms with E-state index in [1.807, 2.05) is 25.6 Å². The third-order valence-corrected chi connectivity index (χ3v) is 2.59. The van der Waals surface area contributed by atoms with Crippen molar-refractivity contribution in [3.05, 3.63) is 11.5 Å². The summed E-state index contributed by atoms with van der Waals surface area (Å²) in [6.07, 6.45) is 2.26. The largest absolute Gasteiger partial charge is 0.131 e. The number of hydrogen-bond donors (Lipinski definition) is 0. The first-order chi connectivity index (χ1) is 4.30. The monoisotopic (exact) mass is 144 g/mol. The second-order valence-electron chi connectivity index (χ2n) is 2.03. The Balaban J connectivity index is 0.000000291. The maximum absolute atomic E-state index is 2.26. The number of thioether (sulfide) groups is 1. The van der Waals surface area contributed by atoms with Crippen LogP contribution in [-0.4, -0.2) is 5.25 Å². The molecule has 0 aromatic rings. The van der Waals surface area contributed by atoms with Crippen LogP contribution in [0.25, 0.3) is 0 Å². The van der Waals surface area contributed by atoms with Gasteiger partial charge in [-0.15, -0.1) is 11.8 Å².